The molecule has 2 rings (SSSR count). The summed E-state index contributed by atoms with van der Waals surface area (Å²) in [5, 5.41) is 9.67. The van der Waals surface area contributed by atoms with Crippen molar-refractivity contribution < 1.29 is 27.0 Å². The van der Waals surface area contributed by atoms with Crippen LogP contribution in [-0.2, 0) is 12.7 Å². The van der Waals surface area contributed by atoms with Gasteiger partial charge in [-0.2, -0.15) is 18.3 Å². The van der Waals surface area contributed by atoms with Gasteiger partial charge in [-0.1, -0.05) is 20.8 Å². The summed E-state index contributed by atoms with van der Waals surface area (Å²) in [5.74, 6) is -1.79. The highest BCUT2D eigenvalue weighted by molar-refractivity contribution is 5.70. The highest BCUT2D eigenvalue weighted by Crippen LogP contribution is 2.47. The van der Waals surface area contributed by atoms with Crippen LogP contribution in [0, 0.1) is 11.7 Å². The second-order valence-electron chi connectivity index (χ2n) is 8.43. The minimum atomic E-state index is -4.76. The van der Waals surface area contributed by atoms with Crippen LogP contribution in [0.25, 0.3) is 11.3 Å². The Bertz CT molecular complexity index is 884. The van der Waals surface area contributed by atoms with E-state index in [1.165, 1.54) is 6.20 Å². The molecule has 0 radical (unpaired) electrons. The van der Waals surface area contributed by atoms with Crippen LogP contribution in [-0.4, -0.2) is 55.5 Å². The van der Waals surface area contributed by atoms with E-state index in [4.69, 9.17) is 9.47 Å². The van der Waals surface area contributed by atoms with Crippen molar-refractivity contribution in [3.8, 4) is 22.8 Å². The Hall–Kier alpha value is -2.33. The molecule has 1 aromatic carbocycles. The summed E-state index contributed by atoms with van der Waals surface area (Å²) in [7, 11) is 3.70. The molecule has 10 heteroatoms. The minimum absolute atomic E-state index is 0.00791. The number of aromatic amines is 1. The van der Waals surface area contributed by atoms with Crippen LogP contribution in [0.4, 0.5) is 17.6 Å². The van der Waals surface area contributed by atoms with Crippen molar-refractivity contribution in [2.75, 3.05) is 40.4 Å². The van der Waals surface area contributed by atoms with E-state index < -0.39 is 29.1 Å². The molecule has 0 amide bonds. The van der Waals surface area contributed by atoms with Gasteiger partial charge in [0.05, 0.1) is 25.1 Å². The van der Waals surface area contributed by atoms with Gasteiger partial charge in [-0.05, 0) is 38.9 Å². The van der Waals surface area contributed by atoms with Crippen molar-refractivity contribution in [1.29, 1.82) is 0 Å². The molecule has 0 spiro atoms. The molecule has 0 aliphatic rings. The number of nitrogens with zero attached hydrogens (tertiary/aromatic N) is 2. The van der Waals surface area contributed by atoms with Crippen molar-refractivity contribution in [3.05, 3.63) is 29.2 Å². The van der Waals surface area contributed by atoms with Gasteiger partial charge < -0.3 is 19.7 Å². The van der Waals surface area contributed by atoms with Crippen LogP contribution in [0.1, 0.15) is 44.7 Å². The molecule has 186 valence electrons. The number of aromatic nitrogens is 2. The summed E-state index contributed by atoms with van der Waals surface area (Å²) in [5.41, 5.74) is -0.558. The first-order chi connectivity index (χ1) is 15.6. The first-order valence-corrected chi connectivity index (χ1v) is 11.1. The zero-order valence-corrected chi connectivity index (χ0v) is 19.9. The lowest BCUT2D eigenvalue weighted by Gasteiger charge is -2.21. The van der Waals surface area contributed by atoms with Crippen LogP contribution in [0.2, 0.25) is 0 Å². The molecular weight excluding hydrogens is 440 g/mol. The lowest BCUT2D eigenvalue weighted by Crippen LogP contribution is -2.27. The van der Waals surface area contributed by atoms with Gasteiger partial charge in [0.1, 0.15) is 5.56 Å². The largest absolute Gasteiger partial charge is 0.489 e. The third kappa shape index (κ3) is 7.33. The second-order valence-corrected chi connectivity index (χ2v) is 8.43. The van der Waals surface area contributed by atoms with Gasteiger partial charge in [0.25, 0.3) is 0 Å². The van der Waals surface area contributed by atoms with Crippen molar-refractivity contribution in [2.24, 2.45) is 5.92 Å². The van der Waals surface area contributed by atoms with E-state index in [-0.39, 0.29) is 30.4 Å². The smallest absolute Gasteiger partial charge is 0.420 e. The molecule has 6 nitrogen and oxygen atoms in total. The minimum Gasteiger partial charge on any atom is -0.489 e. The Morgan fingerprint density at radius 3 is 2.48 bits per heavy atom. The highest BCUT2D eigenvalue weighted by atomic mass is 19.4. The standard InChI is InChI=1S/C23H34F4N4O2/c1-6-10-32-21-18(23(25,26)27)12-17(19(24)22(21)33-11-7-15(2)3)20-16(13-29-30-20)14-31(5)9-8-28-4/h12-13,15,28H,6-11,14H2,1-5H3,(H,29,30). The van der Waals surface area contributed by atoms with Gasteiger partial charge in [-0.3, -0.25) is 5.10 Å². The molecule has 0 saturated carbocycles. The van der Waals surface area contributed by atoms with Gasteiger partial charge in [0.2, 0.25) is 0 Å². The average Bonchev–Trinajstić information content (AvgIpc) is 3.18. The summed E-state index contributed by atoms with van der Waals surface area (Å²) in [6, 6.07) is 0.778. The first-order valence-electron chi connectivity index (χ1n) is 11.1. The lowest BCUT2D eigenvalue weighted by atomic mass is 10.0. The normalized spacial score (nSPS) is 12.1. The van der Waals surface area contributed by atoms with Crippen LogP contribution in [0.3, 0.4) is 0 Å². The molecule has 1 aromatic heterocycles. The molecule has 33 heavy (non-hydrogen) atoms. The van der Waals surface area contributed by atoms with E-state index in [1.807, 2.05) is 32.8 Å². The predicted octanol–water partition coefficient (Wildman–Crippen LogP) is 5.10. The maximum absolute atomic E-state index is 15.7. The molecule has 2 aromatic rings. The Kier molecular flexibility index (Phi) is 9.97. The van der Waals surface area contributed by atoms with Gasteiger partial charge in [-0.15, -0.1) is 0 Å². The number of rotatable bonds is 13. The van der Waals surface area contributed by atoms with Crippen molar-refractivity contribution in [2.45, 2.75) is 46.3 Å². The number of hydrogen-bond donors (Lipinski definition) is 2. The van der Waals surface area contributed by atoms with Crippen molar-refractivity contribution >= 4 is 0 Å². The third-order valence-electron chi connectivity index (χ3n) is 5.04. The van der Waals surface area contributed by atoms with E-state index in [1.54, 1.807) is 6.92 Å². The van der Waals surface area contributed by atoms with Crippen molar-refractivity contribution in [1.82, 2.24) is 20.4 Å². The molecule has 2 N–H and O–H groups in total. The van der Waals surface area contributed by atoms with E-state index >= 15 is 4.39 Å². The summed E-state index contributed by atoms with van der Waals surface area (Å²) in [6.45, 7) is 7.55. The number of halogens is 4. The lowest BCUT2D eigenvalue weighted by molar-refractivity contribution is -0.139. The quantitative estimate of drug-likeness (QED) is 0.396. The van der Waals surface area contributed by atoms with E-state index in [0.29, 0.717) is 31.5 Å². The Morgan fingerprint density at radius 2 is 1.88 bits per heavy atom. The third-order valence-corrected chi connectivity index (χ3v) is 5.04. The van der Waals surface area contributed by atoms with Crippen LogP contribution in [0.5, 0.6) is 11.5 Å². The molecule has 0 atom stereocenters. The number of ether oxygens (including phenoxy) is 2. The maximum atomic E-state index is 15.7. The summed E-state index contributed by atoms with van der Waals surface area (Å²) in [6.07, 6.45) is -2.23. The first kappa shape index (κ1) is 26.9. The topological polar surface area (TPSA) is 62.4 Å². The number of hydrogen-bond acceptors (Lipinski definition) is 5. The van der Waals surface area contributed by atoms with Crippen LogP contribution in [0.15, 0.2) is 12.3 Å². The zero-order valence-electron chi connectivity index (χ0n) is 19.9. The molecule has 0 unspecified atom stereocenters. The Labute approximate surface area is 192 Å². The van der Waals surface area contributed by atoms with Gasteiger partial charge >= 0.3 is 6.18 Å². The fraction of sp³-hybridized carbons (Fsp3) is 0.609. The number of H-pyrrole nitrogens is 1. The van der Waals surface area contributed by atoms with Crippen LogP contribution < -0.4 is 14.8 Å². The van der Waals surface area contributed by atoms with E-state index in [0.717, 1.165) is 12.6 Å². The van der Waals surface area contributed by atoms with Crippen LogP contribution >= 0.6 is 0 Å². The van der Waals surface area contributed by atoms with E-state index in [2.05, 4.69) is 15.5 Å². The average molecular weight is 475 g/mol. The Balaban J connectivity index is 2.58. The number of nitrogens with one attached hydrogen (secondary N) is 2. The summed E-state index contributed by atoms with van der Waals surface area (Å²) in [4.78, 5) is 1.96. The predicted molar refractivity (Wildman–Crippen MR) is 120 cm³/mol. The molecule has 1 heterocycles. The monoisotopic (exact) mass is 474 g/mol. The Morgan fingerprint density at radius 1 is 1.18 bits per heavy atom. The number of likely N-dealkylation sites (N-methyl/N-ethyl adjacent to an activating group) is 2. The molecule has 0 aliphatic heterocycles. The molecular formula is C23H34F4N4O2. The molecule has 0 aliphatic carbocycles. The molecule has 0 fully saturated rings. The number of benzene rings is 1. The number of alkyl halides is 3. The highest BCUT2D eigenvalue weighted by Gasteiger charge is 2.39. The fourth-order valence-corrected chi connectivity index (χ4v) is 3.22. The van der Waals surface area contributed by atoms with Gasteiger partial charge in [0.15, 0.2) is 17.3 Å². The van der Waals surface area contributed by atoms with Crippen molar-refractivity contribution in [3.63, 3.8) is 0 Å². The summed E-state index contributed by atoms with van der Waals surface area (Å²) >= 11 is 0. The molecule has 0 bridgehead atoms. The maximum Gasteiger partial charge on any atom is 0.420 e. The summed E-state index contributed by atoms with van der Waals surface area (Å²) < 4.78 is 68.7. The van der Waals surface area contributed by atoms with Gasteiger partial charge in [-0.25, -0.2) is 4.39 Å². The zero-order chi connectivity index (χ0) is 24.6. The molecule has 0 saturated heterocycles. The SMILES string of the molecule is CCCOc1c(C(F)(F)F)cc(-c2[nH]ncc2CN(C)CCNC)c(F)c1OCCC(C)C. The fourth-order valence-electron chi connectivity index (χ4n) is 3.22. The second kappa shape index (κ2) is 12.2. The van der Waals surface area contributed by atoms with Gasteiger partial charge in [0, 0.05) is 30.8 Å². The van der Waals surface area contributed by atoms with E-state index in [9.17, 15) is 13.2 Å².